The van der Waals surface area contributed by atoms with E-state index in [-0.39, 0.29) is 29.9 Å². The molecule has 0 fully saturated rings. The summed E-state index contributed by atoms with van der Waals surface area (Å²) in [5.41, 5.74) is 5.05. The lowest BCUT2D eigenvalue weighted by Gasteiger charge is -2.06. The van der Waals surface area contributed by atoms with Crippen molar-refractivity contribution in [3.8, 4) is 12.3 Å². The molecule has 146 valence electrons. The molecule has 0 saturated heterocycles. The molecule has 0 aliphatic carbocycles. The average Bonchev–Trinajstić information content (AvgIpc) is 3.43. The second-order valence-corrected chi connectivity index (χ2v) is 7.97. The lowest BCUT2D eigenvalue weighted by molar-refractivity contribution is 0.100. The number of aliphatic hydroxyl groups is 1. The van der Waals surface area contributed by atoms with Gasteiger partial charge in [0, 0.05) is 10.3 Å². The third-order valence-electron chi connectivity index (χ3n) is 4.07. The molecule has 0 aromatic carbocycles. The first-order valence-corrected chi connectivity index (χ1v) is 9.93. The van der Waals surface area contributed by atoms with Crippen molar-refractivity contribution < 1.29 is 9.90 Å². The van der Waals surface area contributed by atoms with Gasteiger partial charge in [-0.1, -0.05) is 5.92 Å². The van der Waals surface area contributed by atoms with Gasteiger partial charge in [-0.15, -0.1) is 39.3 Å². The minimum Gasteiger partial charge on any atom is -0.386 e. The first-order chi connectivity index (χ1) is 14.0. The highest BCUT2D eigenvalue weighted by Crippen LogP contribution is 2.23. The van der Waals surface area contributed by atoms with Gasteiger partial charge >= 0.3 is 0 Å². The second kappa shape index (κ2) is 7.55. The molecule has 0 aliphatic rings. The average molecular weight is 427 g/mol. The summed E-state index contributed by atoms with van der Waals surface area (Å²) in [6, 6.07) is 3.50. The molecule has 1 atom stereocenters. The standard InChI is InChI=1S/C17H13N7O3S2/c1-2-9-3-4-12(29-9)11(25)5-24-21-13(20-22-24)6-23-8-19-16-14(17(23)27)10(7-28-16)15(18)26/h1,3-4,7-8,11,25H,5-6H2,(H2,18,26)/t11-/m0/s1. The molecule has 3 N–H and O–H groups in total. The predicted molar refractivity (Wildman–Crippen MR) is 107 cm³/mol. The van der Waals surface area contributed by atoms with Crippen LogP contribution in [0.2, 0.25) is 0 Å². The van der Waals surface area contributed by atoms with Crippen molar-refractivity contribution in [1.29, 1.82) is 0 Å². The summed E-state index contributed by atoms with van der Waals surface area (Å²) in [4.78, 5) is 31.5. The molecular formula is C17H13N7O3S2. The second-order valence-electron chi connectivity index (χ2n) is 5.99. The van der Waals surface area contributed by atoms with Crippen molar-refractivity contribution in [2.45, 2.75) is 19.2 Å². The number of tetrazole rings is 1. The van der Waals surface area contributed by atoms with Crippen LogP contribution >= 0.6 is 22.7 Å². The van der Waals surface area contributed by atoms with Gasteiger partial charge in [0.1, 0.15) is 10.9 Å². The lowest BCUT2D eigenvalue weighted by atomic mass is 10.2. The number of carbonyl (C=O) groups excluding carboxylic acids is 1. The fraction of sp³-hybridized carbons (Fsp3) is 0.176. The zero-order valence-electron chi connectivity index (χ0n) is 14.7. The van der Waals surface area contributed by atoms with E-state index in [0.29, 0.717) is 9.71 Å². The van der Waals surface area contributed by atoms with Crippen molar-refractivity contribution in [1.82, 2.24) is 29.8 Å². The fourth-order valence-corrected chi connectivity index (χ4v) is 4.37. The first kappa shape index (κ1) is 18.9. The van der Waals surface area contributed by atoms with Crippen LogP contribution in [0.25, 0.3) is 10.2 Å². The Kier molecular flexibility index (Phi) is 4.93. The SMILES string of the molecule is C#Cc1ccc([C@@H](O)Cn2nnc(Cn3cnc4scc(C(N)=O)c4c3=O)n2)s1. The number of aromatic nitrogens is 6. The smallest absolute Gasteiger partial charge is 0.263 e. The van der Waals surface area contributed by atoms with Crippen molar-refractivity contribution in [3.63, 3.8) is 0 Å². The normalized spacial score (nSPS) is 12.1. The number of nitrogens with two attached hydrogens (primary N) is 1. The van der Waals surface area contributed by atoms with Crippen LogP contribution in [0.3, 0.4) is 0 Å². The molecular weight excluding hydrogens is 414 g/mol. The highest BCUT2D eigenvalue weighted by atomic mass is 32.1. The Morgan fingerprint density at radius 1 is 1.41 bits per heavy atom. The Labute approximate surface area is 171 Å². The molecule has 0 saturated carbocycles. The zero-order chi connectivity index (χ0) is 20.5. The molecule has 12 heteroatoms. The first-order valence-electron chi connectivity index (χ1n) is 8.23. The zero-order valence-corrected chi connectivity index (χ0v) is 16.4. The molecule has 1 amide bonds. The monoisotopic (exact) mass is 427 g/mol. The minimum absolute atomic E-state index is 0.00611. The summed E-state index contributed by atoms with van der Waals surface area (Å²) in [6.45, 7) is 0.0895. The van der Waals surface area contributed by atoms with Crippen LogP contribution in [0, 0.1) is 12.3 Å². The van der Waals surface area contributed by atoms with Gasteiger partial charge in [-0.2, -0.15) is 4.80 Å². The van der Waals surface area contributed by atoms with Gasteiger partial charge in [0.05, 0.1) is 35.2 Å². The molecule has 0 aliphatic heterocycles. The topological polar surface area (TPSA) is 142 Å². The van der Waals surface area contributed by atoms with Crippen molar-refractivity contribution >= 4 is 38.8 Å². The van der Waals surface area contributed by atoms with Gasteiger partial charge < -0.3 is 10.8 Å². The number of primary amides is 1. The number of fused-ring (bicyclic) bond motifs is 1. The highest BCUT2D eigenvalue weighted by Gasteiger charge is 2.17. The molecule has 29 heavy (non-hydrogen) atoms. The largest absolute Gasteiger partial charge is 0.386 e. The van der Waals surface area contributed by atoms with E-state index >= 15 is 0 Å². The number of aliphatic hydroxyl groups excluding tert-OH is 1. The Bertz CT molecular complexity index is 1310. The third kappa shape index (κ3) is 3.66. The lowest BCUT2D eigenvalue weighted by Crippen LogP contribution is -2.23. The van der Waals surface area contributed by atoms with Crippen molar-refractivity contribution in [2.24, 2.45) is 5.73 Å². The maximum absolute atomic E-state index is 12.7. The number of nitrogens with zero attached hydrogens (tertiary/aromatic N) is 6. The van der Waals surface area contributed by atoms with Crippen LogP contribution in [0.15, 0.2) is 28.6 Å². The Morgan fingerprint density at radius 2 is 2.24 bits per heavy atom. The molecule has 4 aromatic heterocycles. The van der Waals surface area contributed by atoms with E-state index in [4.69, 9.17) is 12.2 Å². The number of rotatable bonds is 6. The summed E-state index contributed by atoms with van der Waals surface area (Å²) in [5.74, 6) is 2.08. The van der Waals surface area contributed by atoms with Gasteiger partial charge in [-0.05, 0) is 17.3 Å². The van der Waals surface area contributed by atoms with Crippen molar-refractivity contribution in [2.75, 3.05) is 0 Å². The highest BCUT2D eigenvalue weighted by molar-refractivity contribution is 7.17. The summed E-state index contributed by atoms with van der Waals surface area (Å²) in [5, 5.41) is 24.0. The summed E-state index contributed by atoms with van der Waals surface area (Å²) >= 11 is 2.48. The van der Waals surface area contributed by atoms with E-state index in [1.165, 1.54) is 43.7 Å². The molecule has 0 unspecified atom stereocenters. The van der Waals surface area contributed by atoms with E-state index in [0.717, 1.165) is 4.88 Å². The summed E-state index contributed by atoms with van der Waals surface area (Å²) < 4.78 is 1.28. The fourth-order valence-electron chi connectivity index (χ4n) is 2.69. The van der Waals surface area contributed by atoms with Crippen LogP contribution in [0.5, 0.6) is 0 Å². The maximum Gasteiger partial charge on any atom is 0.263 e. The Hall–Kier alpha value is -3.40. The third-order valence-corrected chi connectivity index (χ3v) is 6.07. The molecule has 4 heterocycles. The van der Waals surface area contributed by atoms with Gasteiger partial charge in [0.2, 0.25) is 5.91 Å². The molecule has 4 rings (SSSR count). The van der Waals surface area contributed by atoms with E-state index in [9.17, 15) is 14.7 Å². The van der Waals surface area contributed by atoms with Crippen LogP contribution in [0.1, 0.15) is 32.0 Å². The van der Waals surface area contributed by atoms with E-state index in [1.54, 1.807) is 12.1 Å². The number of amides is 1. The van der Waals surface area contributed by atoms with Crippen LogP contribution in [-0.2, 0) is 13.1 Å². The van der Waals surface area contributed by atoms with Crippen LogP contribution in [0.4, 0.5) is 0 Å². The van der Waals surface area contributed by atoms with Gasteiger partial charge in [0.15, 0.2) is 5.82 Å². The van der Waals surface area contributed by atoms with Crippen LogP contribution in [-0.4, -0.2) is 40.8 Å². The Balaban J connectivity index is 1.54. The maximum atomic E-state index is 12.7. The van der Waals surface area contributed by atoms with Crippen LogP contribution < -0.4 is 11.3 Å². The summed E-state index contributed by atoms with van der Waals surface area (Å²) in [7, 11) is 0. The van der Waals surface area contributed by atoms with Gasteiger partial charge in [0.25, 0.3) is 5.56 Å². The number of carbonyl (C=O) groups is 1. The molecule has 4 aromatic rings. The number of thiophene rings is 2. The quantitative estimate of drug-likeness (QED) is 0.423. The van der Waals surface area contributed by atoms with E-state index < -0.39 is 17.6 Å². The number of hydrogen-bond acceptors (Lipinski definition) is 9. The molecule has 0 radical (unpaired) electrons. The van der Waals surface area contributed by atoms with E-state index in [2.05, 4.69) is 26.3 Å². The number of hydrogen-bond donors (Lipinski definition) is 2. The molecule has 10 nitrogen and oxygen atoms in total. The van der Waals surface area contributed by atoms with Crippen molar-refractivity contribution in [3.05, 3.63) is 55.3 Å². The minimum atomic E-state index is -0.839. The predicted octanol–water partition coefficient (Wildman–Crippen LogP) is 0.368. The van der Waals surface area contributed by atoms with Gasteiger partial charge in [-0.3, -0.25) is 14.2 Å². The molecule has 0 spiro atoms. The van der Waals surface area contributed by atoms with E-state index in [1.807, 2.05) is 0 Å². The molecule has 0 bridgehead atoms. The number of terminal acetylenes is 1. The summed E-state index contributed by atoms with van der Waals surface area (Å²) in [6.07, 6.45) is 5.86. The Morgan fingerprint density at radius 3 is 2.97 bits per heavy atom. The van der Waals surface area contributed by atoms with Gasteiger partial charge in [-0.25, -0.2) is 4.98 Å².